The largest absolute Gasteiger partial charge is 0.378 e. The molecular formula is C21H25N5O2. The Morgan fingerprint density at radius 1 is 1.21 bits per heavy atom. The van der Waals surface area contributed by atoms with Gasteiger partial charge in [0, 0.05) is 24.5 Å². The Hall–Kier alpha value is -2.93. The number of amides is 1. The Kier molecular flexibility index (Phi) is 5.00. The third-order valence-corrected chi connectivity index (χ3v) is 5.00. The number of hydrogen-bond donors (Lipinski definition) is 1. The lowest BCUT2D eigenvalue weighted by Crippen LogP contribution is -2.36. The third kappa shape index (κ3) is 3.45. The number of anilines is 2. The number of ether oxygens (including phenoxy) is 1. The fraction of sp³-hybridized carbons (Fsp3) is 0.381. The molecule has 0 aliphatic carbocycles. The molecule has 4 rings (SSSR count). The van der Waals surface area contributed by atoms with Crippen LogP contribution in [0.3, 0.4) is 0 Å². The van der Waals surface area contributed by atoms with Crippen LogP contribution in [0.5, 0.6) is 0 Å². The van der Waals surface area contributed by atoms with Crippen LogP contribution in [0.4, 0.5) is 11.4 Å². The normalized spacial score (nSPS) is 14.6. The summed E-state index contributed by atoms with van der Waals surface area (Å²) in [4.78, 5) is 19.9. The number of aromatic nitrogens is 3. The van der Waals surface area contributed by atoms with Gasteiger partial charge in [0.25, 0.3) is 5.91 Å². The molecule has 3 aromatic rings. The van der Waals surface area contributed by atoms with Gasteiger partial charge in [-0.2, -0.15) is 5.10 Å². The smallest absolute Gasteiger partial charge is 0.257 e. The van der Waals surface area contributed by atoms with Crippen LogP contribution in [0, 0.1) is 6.92 Å². The van der Waals surface area contributed by atoms with Crippen molar-refractivity contribution in [3.8, 4) is 0 Å². The number of pyridine rings is 1. The summed E-state index contributed by atoms with van der Waals surface area (Å²) in [6.45, 7) is 9.00. The summed E-state index contributed by atoms with van der Waals surface area (Å²) in [6, 6.07) is 9.96. The number of fused-ring (bicyclic) bond motifs is 1. The first-order valence-corrected chi connectivity index (χ1v) is 9.62. The number of nitrogens with zero attached hydrogens (tertiary/aromatic N) is 4. The zero-order valence-corrected chi connectivity index (χ0v) is 16.5. The average molecular weight is 379 g/mol. The van der Waals surface area contributed by atoms with Crippen molar-refractivity contribution in [2.45, 2.75) is 26.8 Å². The summed E-state index contributed by atoms with van der Waals surface area (Å²) in [5.41, 5.74) is 3.87. The first-order chi connectivity index (χ1) is 13.5. The van der Waals surface area contributed by atoms with E-state index >= 15 is 0 Å². The highest BCUT2D eigenvalue weighted by atomic mass is 16.5. The molecule has 1 saturated heterocycles. The van der Waals surface area contributed by atoms with Gasteiger partial charge in [-0.3, -0.25) is 4.79 Å². The number of aryl methyl sites for hydroxylation is 1. The van der Waals surface area contributed by atoms with Crippen LogP contribution in [0.2, 0.25) is 0 Å². The molecule has 0 bridgehead atoms. The lowest BCUT2D eigenvalue weighted by atomic mass is 10.1. The SMILES string of the molecule is Cc1nc2c(cnn2C(C)C)cc1C(=O)Nc1ccccc1N1CCOCC1. The number of hydrogen-bond acceptors (Lipinski definition) is 5. The molecule has 0 saturated carbocycles. The molecule has 1 aliphatic rings. The maximum absolute atomic E-state index is 13.0. The van der Waals surface area contributed by atoms with E-state index in [1.807, 2.05) is 41.9 Å². The number of benzene rings is 1. The molecule has 1 fully saturated rings. The second-order valence-corrected chi connectivity index (χ2v) is 7.29. The quantitative estimate of drug-likeness (QED) is 0.752. The van der Waals surface area contributed by atoms with Crippen molar-refractivity contribution < 1.29 is 9.53 Å². The van der Waals surface area contributed by atoms with Crippen molar-refractivity contribution in [2.75, 3.05) is 36.5 Å². The summed E-state index contributed by atoms with van der Waals surface area (Å²) in [7, 11) is 0. The molecule has 2 aromatic heterocycles. The predicted molar refractivity (Wildman–Crippen MR) is 110 cm³/mol. The Balaban J connectivity index is 1.63. The van der Waals surface area contributed by atoms with Crippen LogP contribution < -0.4 is 10.2 Å². The molecule has 0 radical (unpaired) electrons. The van der Waals surface area contributed by atoms with Gasteiger partial charge in [0.15, 0.2) is 5.65 Å². The Morgan fingerprint density at radius 2 is 1.96 bits per heavy atom. The van der Waals surface area contributed by atoms with E-state index < -0.39 is 0 Å². The number of rotatable bonds is 4. The number of carbonyl (C=O) groups excluding carboxylic acids is 1. The van der Waals surface area contributed by atoms with Crippen LogP contribution in [-0.4, -0.2) is 47.0 Å². The molecule has 3 heterocycles. The zero-order valence-electron chi connectivity index (χ0n) is 16.5. The second-order valence-electron chi connectivity index (χ2n) is 7.29. The van der Waals surface area contributed by atoms with Crippen LogP contribution in [0.15, 0.2) is 36.5 Å². The highest BCUT2D eigenvalue weighted by Crippen LogP contribution is 2.27. The monoisotopic (exact) mass is 379 g/mol. The lowest BCUT2D eigenvalue weighted by Gasteiger charge is -2.30. The Morgan fingerprint density at radius 3 is 2.71 bits per heavy atom. The number of para-hydroxylation sites is 2. The van der Waals surface area contributed by atoms with Crippen molar-refractivity contribution in [3.05, 3.63) is 47.8 Å². The fourth-order valence-corrected chi connectivity index (χ4v) is 3.52. The highest BCUT2D eigenvalue weighted by Gasteiger charge is 2.19. The molecule has 0 atom stereocenters. The number of morpholine rings is 1. The van der Waals surface area contributed by atoms with E-state index in [1.54, 1.807) is 6.20 Å². The molecule has 1 N–H and O–H groups in total. The molecule has 0 spiro atoms. The van der Waals surface area contributed by atoms with Crippen LogP contribution in [0.25, 0.3) is 11.0 Å². The van der Waals surface area contributed by atoms with E-state index in [9.17, 15) is 4.79 Å². The van der Waals surface area contributed by atoms with Crippen LogP contribution in [0.1, 0.15) is 35.9 Å². The summed E-state index contributed by atoms with van der Waals surface area (Å²) in [5.74, 6) is -0.162. The number of nitrogens with one attached hydrogen (secondary N) is 1. The van der Waals surface area contributed by atoms with Crippen LogP contribution in [-0.2, 0) is 4.74 Å². The van der Waals surface area contributed by atoms with Crippen LogP contribution >= 0.6 is 0 Å². The van der Waals surface area contributed by atoms with Crippen molar-refractivity contribution in [1.82, 2.24) is 14.8 Å². The van der Waals surface area contributed by atoms with Gasteiger partial charge >= 0.3 is 0 Å². The molecule has 0 unspecified atom stereocenters. The first kappa shape index (κ1) is 18.4. The topological polar surface area (TPSA) is 72.3 Å². The van der Waals surface area contributed by atoms with Gasteiger partial charge in [0.2, 0.25) is 0 Å². The van der Waals surface area contributed by atoms with Crippen molar-refractivity contribution in [1.29, 1.82) is 0 Å². The van der Waals surface area contributed by atoms with Gasteiger partial charge in [-0.25, -0.2) is 9.67 Å². The van der Waals surface area contributed by atoms with Gasteiger partial charge < -0.3 is 15.0 Å². The molecule has 1 amide bonds. The van der Waals surface area contributed by atoms with Crippen molar-refractivity contribution in [3.63, 3.8) is 0 Å². The van der Waals surface area contributed by atoms with Gasteiger partial charge in [-0.1, -0.05) is 12.1 Å². The maximum Gasteiger partial charge on any atom is 0.257 e. The summed E-state index contributed by atoms with van der Waals surface area (Å²) in [6.07, 6.45) is 1.76. The highest BCUT2D eigenvalue weighted by molar-refractivity contribution is 6.08. The van der Waals surface area contributed by atoms with Gasteiger partial charge in [-0.15, -0.1) is 0 Å². The molecule has 28 heavy (non-hydrogen) atoms. The molecule has 146 valence electrons. The second kappa shape index (κ2) is 7.59. The predicted octanol–water partition coefficient (Wildman–Crippen LogP) is 3.41. The van der Waals surface area contributed by atoms with E-state index in [4.69, 9.17) is 4.74 Å². The van der Waals surface area contributed by atoms with Crippen molar-refractivity contribution in [2.24, 2.45) is 0 Å². The molecule has 7 heteroatoms. The standard InChI is InChI=1S/C21H25N5O2/c1-14(2)26-20-16(13-22-26)12-17(15(3)23-20)21(27)24-18-6-4-5-7-19(18)25-8-10-28-11-9-25/h4-7,12-14H,8-11H2,1-3H3,(H,24,27). The minimum Gasteiger partial charge on any atom is -0.378 e. The summed E-state index contributed by atoms with van der Waals surface area (Å²) < 4.78 is 7.31. The van der Waals surface area contributed by atoms with E-state index in [0.29, 0.717) is 24.5 Å². The molecule has 7 nitrogen and oxygen atoms in total. The Bertz CT molecular complexity index is 1010. The van der Waals surface area contributed by atoms with Gasteiger partial charge in [0.05, 0.1) is 42.0 Å². The Labute approximate surface area is 164 Å². The molecule has 1 aliphatic heterocycles. The molecule has 1 aromatic carbocycles. The van der Waals surface area contributed by atoms with Crippen molar-refractivity contribution >= 4 is 28.3 Å². The number of carbonyl (C=O) groups is 1. The van der Waals surface area contributed by atoms with Gasteiger partial charge in [0.1, 0.15) is 0 Å². The van der Waals surface area contributed by atoms with E-state index in [2.05, 4.69) is 34.1 Å². The molecular weight excluding hydrogens is 354 g/mol. The third-order valence-electron chi connectivity index (χ3n) is 5.00. The van der Waals surface area contributed by atoms with E-state index in [1.165, 1.54) is 0 Å². The zero-order chi connectivity index (χ0) is 19.7. The minimum atomic E-state index is -0.162. The lowest BCUT2D eigenvalue weighted by molar-refractivity contribution is 0.102. The average Bonchev–Trinajstić information content (AvgIpc) is 3.11. The van der Waals surface area contributed by atoms with Gasteiger partial charge in [-0.05, 0) is 39.0 Å². The van der Waals surface area contributed by atoms with E-state index in [0.717, 1.165) is 35.5 Å². The fourth-order valence-electron chi connectivity index (χ4n) is 3.52. The first-order valence-electron chi connectivity index (χ1n) is 9.62. The van der Waals surface area contributed by atoms with E-state index in [-0.39, 0.29) is 11.9 Å². The minimum absolute atomic E-state index is 0.162. The summed E-state index contributed by atoms with van der Waals surface area (Å²) >= 11 is 0. The summed E-state index contributed by atoms with van der Waals surface area (Å²) in [5, 5.41) is 8.34. The maximum atomic E-state index is 13.0.